The van der Waals surface area contributed by atoms with E-state index in [1.165, 1.54) is 347 Å². The molecule has 0 saturated heterocycles. The molecule has 6 heteroatoms. The Labute approximate surface area is 495 Å². The van der Waals surface area contributed by atoms with Gasteiger partial charge in [-0.25, -0.2) is 0 Å². The lowest BCUT2D eigenvalue weighted by Crippen LogP contribution is -2.45. The van der Waals surface area contributed by atoms with Crippen LogP contribution in [0.3, 0.4) is 0 Å². The molecule has 0 aliphatic carbocycles. The number of hydrogen-bond donors (Lipinski definition) is 3. The second-order valence-corrected chi connectivity index (χ2v) is 25.3. The van der Waals surface area contributed by atoms with Crippen LogP contribution >= 0.6 is 0 Å². The van der Waals surface area contributed by atoms with Gasteiger partial charge >= 0.3 is 5.97 Å². The Hall–Kier alpha value is -1.40. The highest BCUT2D eigenvalue weighted by atomic mass is 16.5. The molecule has 0 fully saturated rings. The molecule has 0 aromatic carbocycles. The van der Waals surface area contributed by atoms with Gasteiger partial charge in [-0.15, -0.1) is 0 Å². The fourth-order valence-corrected chi connectivity index (χ4v) is 11.8. The van der Waals surface area contributed by atoms with E-state index >= 15 is 0 Å². The van der Waals surface area contributed by atoms with E-state index in [-0.39, 0.29) is 18.5 Å². The maximum absolute atomic E-state index is 12.5. The van der Waals surface area contributed by atoms with Crippen LogP contribution in [0.15, 0.2) is 12.2 Å². The highest BCUT2D eigenvalue weighted by Gasteiger charge is 2.20. The number of carbonyl (C=O) groups excluding carboxylic acids is 2. The number of allylic oxidation sites excluding steroid dienone is 2. The largest absolute Gasteiger partial charge is 0.466 e. The van der Waals surface area contributed by atoms with Gasteiger partial charge in [0.25, 0.3) is 0 Å². The van der Waals surface area contributed by atoms with Crippen LogP contribution in [-0.4, -0.2) is 47.4 Å². The third-order valence-corrected chi connectivity index (χ3v) is 17.3. The van der Waals surface area contributed by atoms with Crippen LogP contribution in [0.4, 0.5) is 0 Å². The summed E-state index contributed by atoms with van der Waals surface area (Å²) in [6.07, 6.45) is 85.8. The van der Waals surface area contributed by atoms with E-state index in [9.17, 15) is 19.8 Å². The molecular formula is C73H143NO5. The van der Waals surface area contributed by atoms with Crippen LogP contribution in [-0.2, 0) is 14.3 Å². The molecule has 0 bridgehead atoms. The van der Waals surface area contributed by atoms with Gasteiger partial charge in [-0.1, -0.05) is 366 Å². The van der Waals surface area contributed by atoms with Crippen LogP contribution in [0.25, 0.3) is 0 Å². The van der Waals surface area contributed by atoms with Crippen LogP contribution in [0.2, 0.25) is 0 Å². The molecule has 0 heterocycles. The normalized spacial score (nSPS) is 12.5. The van der Waals surface area contributed by atoms with E-state index in [4.69, 9.17) is 4.74 Å². The minimum atomic E-state index is -0.659. The molecule has 0 aliphatic rings. The number of carbonyl (C=O) groups is 2. The zero-order valence-corrected chi connectivity index (χ0v) is 53.9. The van der Waals surface area contributed by atoms with Gasteiger partial charge in [0, 0.05) is 12.8 Å². The van der Waals surface area contributed by atoms with Gasteiger partial charge in [0.05, 0.1) is 25.4 Å². The van der Waals surface area contributed by atoms with Crippen molar-refractivity contribution in [1.82, 2.24) is 5.32 Å². The lowest BCUT2D eigenvalue weighted by molar-refractivity contribution is -0.143. The van der Waals surface area contributed by atoms with E-state index in [1.807, 2.05) is 0 Å². The van der Waals surface area contributed by atoms with Gasteiger partial charge in [-0.3, -0.25) is 9.59 Å². The third kappa shape index (κ3) is 65.6. The van der Waals surface area contributed by atoms with Crippen molar-refractivity contribution in [2.45, 2.75) is 431 Å². The molecule has 0 aromatic rings. The second kappa shape index (κ2) is 69.1. The summed E-state index contributed by atoms with van der Waals surface area (Å²) in [5, 5.41) is 23.2. The molecule has 0 spiro atoms. The smallest absolute Gasteiger partial charge is 0.305 e. The van der Waals surface area contributed by atoms with Crippen molar-refractivity contribution >= 4 is 11.9 Å². The molecule has 470 valence electrons. The van der Waals surface area contributed by atoms with E-state index in [0.29, 0.717) is 25.9 Å². The molecule has 6 nitrogen and oxygen atoms in total. The minimum absolute atomic E-state index is 0.0239. The summed E-state index contributed by atoms with van der Waals surface area (Å²) >= 11 is 0. The van der Waals surface area contributed by atoms with Gasteiger partial charge in [0.15, 0.2) is 0 Å². The number of esters is 1. The lowest BCUT2D eigenvalue weighted by Gasteiger charge is -2.22. The molecule has 2 atom stereocenters. The summed E-state index contributed by atoms with van der Waals surface area (Å²) in [6, 6.07) is -0.536. The topological polar surface area (TPSA) is 95.9 Å². The maximum atomic E-state index is 12.5. The first-order chi connectivity index (χ1) is 39.0. The van der Waals surface area contributed by atoms with Gasteiger partial charge in [0.1, 0.15) is 0 Å². The summed E-state index contributed by atoms with van der Waals surface area (Å²) < 4.78 is 5.49. The summed E-state index contributed by atoms with van der Waals surface area (Å²) in [5.41, 5.74) is 0. The van der Waals surface area contributed by atoms with E-state index in [2.05, 4.69) is 31.3 Å². The Morgan fingerprint density at radius 3 is 0.899 bits per heavy atom. The number of aliphatic hydroxyl groups is 2. The molecule has 0 radical (unpaired) electrons. The first-order valence-electron chi connectivity index (χ1n) is 36.4. The average molecular weight is 1110 g/mol. The van der Waals surface area contributed by atoms with Gasteiger partial charge < -0.3 is 20.3 Å². The predicted molar refractivity (Wildman–Crippen MR) is 347 cm³/mol. The van der Waals surface area contributed by atoms with Crippen molar-refractivity contribution in [3.05, 3.63) is 12.2 Å². The third-order valence-electron chi connectivity index (χ3n) is 17.3. The van der Waals surface area contributed by atoms with Crippen molar-refractivity contribution in [2.24, 2.45) is 0 Å². The summed E-state index contributed by atoms with van der Waals surface area (Å²) in [4.78, 5) is 24.5. The molecule has 3 N–H and O–H groups in total. The second-order valence-electron chi connectivity index (χ2n) is 25.3. The van der Waals surface area contributed by atoms with Gasteiger partial charge in [-0.05, 0) is 51.4 Å². The number of nitrogens with one attached hydrogen (secondary N) is 1. The Morgan fingerprint density at radius 1 is 0.342 bits per heavy atom. The van der Waals surface area contributed by atoms with Crippen LogP contribution in [0.5, 0.6) is 0 Å². The lowest BCUT2D eigenvalue weighted by atomic mass is 10.0. The molecule has 0 aliphatic heterocycles. The van der Waals surface area contributed by atoms with Crippen molar-refractivity contribution < 1.29 is 24.5 Å². The highest BCUT2D eigenvalue weighted by molar-refractivity contribution is 5.76. The molecular weight excluding hydrogens is 971 g/mol. The summed E-state index contributed by atoms with van der Waals surface area (Å²) in [5.74, 6) is -0.00533. The molecule has 79 heavy (non-hydrogen) atoms. The quantitative estimate of drug-likeness (QED) is 0.0320. The van der Waals surface area contributed by atoms with Crippen LogP contribution in [0.1, 0.15) is 418 Å². The first-order valence-corrected chi connectivity index (χ1v) is 36.4. The molecule has 1 amide bonds. The van der Waals surface area contributed by atoms with E-state index in [0.717, 1.165) is 38.5 Å². The summed E-state index contributed by atoms with van der Waals surface area (Å²) in [7, 11) is 0. The number of aliphatic hydroxyl groups excluding tert-OH is 2. The average Bonchev–Trinajstić information content (AvgIpc) is 3.45. The maximum Gasteiger partial charge on any atom is 0.305 e. The van der Waals surface area contributed by atoms with E-state index in [1.54, 1.807) is 0 Å². The molecule has 0 rings (SSSR count). The van der Waals surface area contributed by atoms with Crippen LogP contribution in [0, 0.1) is 0 Å². The SMILES string of the molecule is CCCCCCCCCCCCCCC(=O)OCCCCCCCCCCCCCCCCCCCC/C=C\CCCCCCCCCCCCCCCCCCCC(=O)NC(CO)C(O)CCCCCCCCCCCCC. The fourth-order valence-electron chi connectivity index (χ4n) is 11.8. The fraction of sp³-hybridized carbons (Fsp3) is 0.945. The Morgan fingerprint density at radius 2 is 0.595 bits per heavy atom. The summed E-state index contributed by atoms with van der Waals surface area (Å²) in [6.45, 7) is 4.98. The predicted octanol–water partition coefficient (Wildman–Crippen LogP) is 23.5. The number of unbranched alkanes of at least 4 members (excludes halogenated alkanes) is 56. The Kier molecular flexibility index (Phi) is 67.9. The highest BCUT2D eigenvalue weighted by Crippen LogP contribution is 2.19. The Balaban J connectivity index is 3.29. The van der Waals surface area contributed by atoms with Gasteiger partial charge in [0.2, 0.25) is 5.91 Å². The monoisotopic (exact) mass is 1110 g/mol. The molecule has 2 unspecified atom stereocenters. The number of ether oxygens (including phenoxy) is 1. The van der Waals surface area contributed by atoms with Crippen molar-refractivity contribution in [2.75, 3.05) is 13.2 Å². The van der Waals surface area contributed by atoms with Crippen LogP contribution < -0.4 is 5.32 Å². The Bertz CT molecular complexity index is 1190. The van der Waals surface area contributed by atoms with E-state index < -0.39 is 12.1 Å². The number of hydrogen-bond acceptors (Lipinski definition) is 5. The zero-order chi connectivity index (χ0) is 57.1. The van der Waals surface area contributed by atoms with Crippen molar-refractivity contribution in [3.63, 3.8) is 0 Å². The molecule has 0 saturated carbocycles. The minimum Gasteiger partial charge on any atom is -0.466 e. The van der Waals surface area contributed by atoms with Crippen molar-refractivity contribution in [1.29, 1.82) is 0 Å². The molecule has 0 aromatic heterocycles. The number of amides is 1. The standard InChI is InChI=1S/C73H143NO5/c1-3-5-7-9-11-13-15-47-51-55-59-63-67-73(78)79-68-64-60-56-52-48-44-42-40-38-36-34-32-30-28-26-24-22-20-18-16-17-19-21-23-25-27-29-31-33-35-37-39-41-43-46-50-54-58-62-66-72(77)74-70(69-75)71(76)65-61-57-53-49-45-14-12-10-8-6-4-2/h16-17,70-71,75-76H,3-15,18-69H2,1-2H3,(H,74,77)/b17-16-. The first kappa shape index (κ1) is 77.6. The van der Waals surface area contributed by atoms with Gasteiger partial charge in [-0.2, -0.15) is 0 Å². The van der Waals surface area contributed by atoms with Crippen molar-refractivity contribution in [3.8, 4) is 0 Å². The zero-order valence-electron chi connectivity index (χ0n) is 53.9. The number of rotatable bonds is 69.